The van der Waals surface area contributed by atoms with E-state index in [-0.39, 0.29) is 0 Å². The van der Waals surface area contributed by atoms with E-state index in [9.17, 15) is 9.59 Å². The first kappa shape index (κ1) is 10.9. The summed E-state index contributed by atoms with van der Waals surface area (Å²) < 4.78 is 0. The standard InChI is InChI=1S/C6H10N2O2.C2H6/c9-5-7-1-2-8(6-10)4-3-7;1-2/h5-6H,1-4H2;1-2H3. The summed E-state index contributed by atoms with van der Waals surface area (Å²) in [5.74, 6) is 0. The van der Waals surface area contributed by atoms with Gasteiger partial charge in [-0.15, -0.1) is 0 Å². The van der Waals surface area contributed by atoms with Crippen molar-refractivity contribution < 1.29 is 9.59 Å². The van der Waals surface area contributed by atoms with E-state index >= 15 is 0 Å². The van der Waals surface area contributed by atoms with Gasteiger partial charge in [-0.1, -0.05) is 13.8 Å². The fourth-order valence-electron chi connectivity index (χ4n) is 0.948. The third-order valence-corrected chi connectivity index (χ3v) is 1.65. The van der Waals surface area contributed by atoms with Crippen molar-refractivity contribution in [1.29, 1.82) is 0 Å². The summed E-state index contributed by atoms with van der Waals surface area (Å²) in [4.78, 5) is 23.7. The van der Waals surface area contributed by atoms with E-state index in [1.165, 1.54) is 0 Å². The van der Waals surface area contributed by atoms with Crippen LogP contribution in [0.1, 0.15) is 13.8 Å². The molecule has 1 saturated heterocycles. The SMILES string of the molecule is CC.O=CN1CCN(C=O)CC1. The first-order valence-corrected chi connectivity index (χ1v) is 4.25. The minimum Gasteiger partial charge on any atom is -0.342 e. The Morgan fingerprint density at radius 2 is 1.08 bits per heavy atom. The summed E-state index contributed by atoms with van der Waals surface area (Å²) >= 11 is 0. The average Bonchev–Trinajstić information content (AvgIpc) is 2.21. The summed E-state index contributed by atoms with van der Waals surface area (Å²) in [5.41, 5.74) is 0. The smallest absolute Gasteiger partial charge is 0.209 e. The Bertz CT molecular complexity index is 115. The summed E-state index contributed by atoms with van der Waals surface area (Å²) in [6.45, 7) is 6.68. The Morgan fingerprint density at radius 3 is 1.25 bits per heavy atom. The second-order valence-electron chi connectivity index (χ2n) is 2.28. The Morgan fingerprint density at radius 1 is 0.833 bits per heavy atom. The fourth-order valence-corrected chi connectivity index (χ4v) is 0.948. The lowest BCUT2D eigenvalue weighted by Gasteiger charge is -2.29. The maximum atomic E-state index is 10.2. The third-order valence-electron chi connectivity index (χ3n) is 1.65. The monoisotopic (exact) mass is 172 g/mol. The van der Waals surface area contributed by atoms with Gasteiger partial charge < -0.3 is 9.80 Å². The Kier molecular flexibility index (Phi) is 6.05. The lowest BCUT2D eigenvalue weighted by atomic mass is 10.4. The summed E-state index contributed by atoms with van der Waals surface area (Å²) in [6.07, 6.45) is 1.64. The van der Waals surface area contributed by atoms with E-state index in [0.717, 1.165) is 12.8 Å². The number of piperazine rings is 1. The highest BCUT2D eigenvalue weighted by Gasteiger charge is 2.12. The van der Waals surface area contributed by atoms with Crippen molar-refractivity contribution in [1.82, 2.24) is 9.80 Å². The zero-order valence-corrected chi connectivity index (χ0v) is 7.69. The van der Waals surface area contributed by atoms with Crippen molar-refractivity contribution in [3.05, 3.63) is 0 Å². The quantitative estimate of drug-likeness (QED) is 0.548. The van der Waals surface area contributed by atoms with Gasteiger partial charge in [0, 0.05) is 26.2 Å². The lowest BCUT2D eigenvalue weighted by Crippen LogP contribution is -2.44. The van der Waals surface area contributed by atoms with E-state index in [1.807, 2.05) is 13.8 Å². The van der Waals surface area contributed by atoms with Crippen LogP contribution in [-0.2, 0) is 9.59 Å². The van der Waals surface area contributed by atoms with Gasteiger partial charge in [0.05, 0.1) is 0 Å². The molecule has 1 heterocycles. The number of carbonyl (C=O) groups is 2. The highest BCUT2D eigenvalue weighted by atomic mass is 16.1. The maximum absolute atomic E-state index is 10.2. The highest BCUT2D eigenvalue weighted by Crippen LogP contribution is 1.94. The van der Waals surface area contributed by atoms with E-state index in [4.69, 9.17) is 0 Å². The molecule has 0 saturated carbocycles. The van der Waals surface area contributed by atoms with E-state index in [2.05, 4.69) is 0 Å². The number of hydrogen-bond acceptors (Lipinski definition) is 2. The molecule has 0 spiro atoms. The largest absolute Gasteiger partial charge is 0.342 e. The van der Waals surface area contributed by atoms with Crippen molar-refractivity contribution in [3.63, 3.8) is 0 Å². The molecule has 1 aliphatic rings. The van der Waals surface area contributed by atoms with Crippen LogP contribution in [0.5, 0.6) is 0 Å². The number of amides is 2. The fraction of sp³-hybridized carbons (Fsp3) is 0.750. The molecule has 1 aliphatic heterocycles. The van der Waals surface area contributed by atoms with Crippen LogP contribution in [0.4, 0.5) is 0 Å². The minimum atomic E-state index is 0.669. The van der Waals surface area contributed by atoms with Crippen LogP contribution < -0.4 is 0 Å². The van der Waals surface area contributed by atoms with Crippen molar-refractivity contribution >= 4 is 12.8 Å². The zero-order chi connectivity index (χ0) is 9.40. The van der Waals surface area contributed by atoms with Gasteiger partial charge in [0.15, 0.2) is 0 Å². The molecule has 0 radical (unpaired) electrons. The second kappa shape index (κ2) is 6.64. The van der Waals surface area contributed by atoms with Crippen LogP contribution in [0.2, 0.25) is 0 Å². The molecule has 0 aromatic rings. The molecule has 4 nitrogen and oxygen atoms in total. The van der Waals surface area contributed by atoms with Crippen LogP contribution in [0.25, 0.3) is 0 Å². The van der Waals surface area contributed by atoms with Gasteiger partial charge in [-0.2, -0.15) is 0 Å². The van der Waals surface area contributed by atoms with E-state index < -0.39 is 0 Å². The predicted molar refractivity (Wildman–Crippen MR) is 46.6 cm³/mol. The molecule has 0 aromatic heterocycles. The van der Waals surface area contributed by atoms with Gasteiger partial charge in [-0.3, -0.25) is 9.59 Å². The molecule has 1 fully saturated rings. The van der Waals surface area contributed by atoms with Gasteiger partial charge in [0.2, 0.25) is 12.8 Å². The lowest BCUT2D eigenvalue weighted by molar-refractivity contribution is -0.125. The van der Waals surface area contributed by atoms with Crippen LogP contribution in [0, 0.1) is 0 Å². The van der Waals surface area contributed by atoms with Crippen molar-refractivity contribution in [3.8, 4) is 0 Å². The van der Waals surface area contributed by atoms with Crippen LogP contribution >= 0.6 is 0 Å². The Labute approximate surface area is 73.1 Å². The highest BCUT2D eigenvalue weighted by molar-refractivity contribution is 5.50. The summed E-state index contributed by atoms with van der Waals surface area (Å²) in [6, 6.07) is 0. The van der Waals surface area contributed by atoms with Gasteiger partial charge >= 0.3 is 0 Å². The Hall–Kier alpha value is -1.06. The number of hydrogen-bond donors (Lipinski definition) is 0. The molecule has 12 heavy (non-hydrogen) atoms. The molecule has 0 unspecified atom stereocenters. The molecule has 1 rings (SSSR count). The molecule has 2 amide bonds. The molecule has 0 aromatic carbocycles. The van der Waals surface area contributed by atoms with Crippen molar-refractivity contribution in [2.24, 2.45) is 0 Å². The van der Waals surface area contributed by atoms with Crippen molar-refractivity contribution in [2.45, 2.75) is 13.8 Å². The molecule has 0 N–H and O–H groups in total. The average molecular weight is 172 g/mol. The topological polar surface area (TPSA) is 40.6 Å². The van der Waals surface area contributed by atoms with Gasteiger partial charge in [-0.25, -0.2) is 0 Å². The molecule has 70 valence electrons. The van der Waals surface area contributed by atoms with Crippen molar-refractivity contribution in [2.75, 3.05) is 26.2 Å². The van der Waals surface area contributed by atoms with Gasteiger partial charge in [0.1, 0.15) is 0 Å². The van der Waals surface area contributed by atoms with Crippen LogP contribution in [0.3, 0.4) is 0 Å². The Balaban J connectivity index is 0.000000561. The molecular formula is C8H16N2O2. The number of rotatable bonds is 2. The first-order valence-electron chi connectivity index (χ1n) is 4.25. The first-order chi connectivity index (χ1) is 5.86. The maximum Gasteiger partial charge on any atom is 0.209 e. The van der Waals surface area contributed by atoms with E-state index in [1.54, 1.807) is 9.80 Å². The summed E-state index contributed by atoms with van der Waals surface area (Å²) in [5, 5.41) is 0. The molecule has 0 bridgehead atoms. The van der Waals surface area contributed by atoms with E-state index in [0.29, 0.717) is 26.2 Å². The van der Waals surface area contributed by atoms with Crippen LogP contribution in [0.15, 0.2) is 0 Å². The number of carbonyl (C=O) groups excluding carboxylic acids is 2. The minimum absolute atomic E-state index is 0.669. The molecule has 0 aliphatic carbocycles. The van der Waals surface area contributed by atoms with Crippen LogP contribution in [-0.4, -0.2) is 48.8 Å². The normalized spacial score (nSPS) is 16.2. The third kappa shape index (κ3) is 3.37. The molecular weight excluding hydrogens is 156 g/mol. The van der Waals surface area contributed by atoms with Gasteiger partial charge in [-0.05, 0) is 0 Å². The zero-order valence-electron chi connectivity index (χ0n) is 7.69. The summed E-state index contributed by atoms with van der Waals surface area (Å²) in [7, 11) is 0. The van der Waals surface area contributed by atoms with Gasteiger partial charge in [0.25, 0.3) is 0 Å². The predicted octanol–water partition coefficient (Wildman–Crippen LogP) is -0.0570. The number of nitrogens with zero attached hydrogens (tertiary/aromatic N) is 2. The molecule has 0 atom stereocenters. The second-order valence-corrected chi connectivity index (χ2v) is 2.28. The molecule has 4 heteroatoms.